The summed E-state index contributed by atoms with van der Waals surface area (Å²) in [5, 5.41) is 0. The van der Waals surface area contributed by atoms with E-state index in [1.165, 1.54) is 22.3 Å². The molecule has 0 spiro atoms. The number of carbonyl (C=O) groups excluding carboxylic acids is 1. The summed E-state index contributed by atoms with van der Waals surface area (Å²) >= 11 is 0. The van der Waals surface area contributed by atoms with E-state index in [-0.39, 0.29) is 12.0 Å². The normalized spacial score (nSPS) is 23.4. The molecule has 2 atom stereocenters. The molecule has 1 aliphatic rings. The van der Waals surface area contributed by atoms with E-state index in [2.05, 4.69) is 32.9 Å². The zero-order chi connectivity index (χ0) is 14.0. The Balaban J connectivity index is 2.10. The minimum Gasteiger partial charge on any atom is -0.328 e. The molecule has 0 amide bonds. The van der Waals surface area contributed by atoms with Crippen molar-refractivity contribution in [3.8, 4) is 0 Å². The summed E-state index contributed by atoms with van der Waals surface area (Å²) in [6.45, 7) is 6.32. The molecule has 0 aromatic heterocycles. The van der Waals surface area contributed by atoms with Gasteiger partial charge in [0, 0.05) is 18.4 Å². The number of hydrogen-bond donors (Lipinski definition) is 1. The molecular formula is C17H25NO. The van der Waals surface area contributed by atoms with Gasteiger partial charge in [0.15, 0.2) is 0 Å². The predicted octanol–water partition coefficient (Wildman–Crippen LogP) is 3.24. The molecule has 0 aliphatic heterocycles. The van der Waals surface area contributed by atoms with Gasteiger partial charge in [-0.3, -0.25) is 4.79 Å². The number of ketones is 1. The minimum atomic E-state index is 0.184. The lowest BCUT2D eigenvalue weighted by molar-refractivity contribution is -0.123. The van der Waals surface area contributed by atoms with E-state index in [0.29, 0.717) is 12.2 Å². The molecule has 2 nitrogen and oxygen atoms in total. The number of carbonyl (C=O) groups is 1. The van der Waals surface area contributed by atoms with Crippen LogP contribution in [0.5, 0.6) is 0 Å². The fourth-order valence-electron chi connectivity index (χ4n) is 3.33. The van der Waals surface area contributed by atoms with E-state index in [1.807, 2.05) is 0 Å². The van der Waals surface area contributed by atoms with Crippen molar-refractivity contribution in [3.63, 3.8) is 0 Å². The molecule has 19 heavy (non-hydrogen) atoms. The second-order valence-corrected chi connectivity index (χ2v) is 6.14. The van der Waals surface area contributed by atoms with Crippen molar-refractivity contribution in [1.29, 1.82) is 0 Å². The maximum Gasteiger partial charge on any atom is 0.140 e. The highest BCUT2D eigenvalue weighted by atomic mass is 16.1. The Kier molecular flexibility index (Phi) is 4.41. The Labute approximate surface area is 116 Å². The first-order valence-electron chi connectivity index (χ1n) is 7.32. The van der Waals surface area contributed by atoms with E-state index in [9.17, 15) is 4.79 Å². The number of rotatable bonds is 3. The summed E-state index contributed by atoms with van der Waals surface area (Å²) in [6, 6.07) is 4.56. The summed E-state index contributed by atoms with van der Waals surface area (Å²) < 4.78 is 0. The second kappa shape index (κ2) is 5.87. The molecule has 104 valence electrons. The fourth-order valence-corrected chi connectivity index (χ4v) is 3.33. The lowest BCUT2D eigenvalue weighted by atomic mass is 9.81. The van der Waals surface area contributed by atoms with Gasteiger partial charge < -0.3 is 5.73 Å². The molecular weight excluding hydrogens is 234 g/mol. The summed E-state index contributed by atoms with van der Waals surface area (Å²) in [7, 11) is 0. The van der Waals surface area contributed by atoms with Crippen molar-refractivity contribution in [2.75, 3.05) is 0 Å². The second-order valence-electron chi connectivity index (χ2n) is 6.14. The zero-order valence-electron chi connectivity index (χ0n) is 12.3. The average molecular weight is 259 g/mol. The Bertz CT molecular complexity index is 455. The van der Waals surface area contributed by atoms with Crippen LogP contribution in [0.15, 0.2) is 12.1 Å². The zero-order valence-corrected chi connectivity index (χ0v) is 12.3. The van der Waals surface area contributed by atoms with Gasteiger partial charge in [0.05, 0.1) is 0 Å². The Morgan fingerprint density at radius 3 is 2.42 bits per heavy atom. The van der Waals surface area contributed by atoms with Crippen molar-refractivity contribution < 1.29 is 4.79 Å². The van der Waals surface area contributed by atoms with Crippen LogP contribution in [0.2, 0.25) is 0 Å². The van der Waals surface area contributed by atoms with Crippen molar-refractivity contribution in [2.45, 2.75) is 58.9 Å². The molecule has 2 rings (SSSR count). The van der Waals surface area contributed by atoms with Gasteiger partial charge in [-0.1, -0.05) is 24.1 Å². The number of benzene rings is 1. The van der Waals surface area contributed by atoms with Gasteiger partial charge in [-0.2, -0.15) is 0 Å². The van der Waals surface area contributed by atoms with Crippen LogP contribution in [0.25, 0.3) is 0 Å². The summed E-state index contributed by atoms with van der Waals surface area (Å²) in [5.74, 6) is 0.564. The Hall–Kier alpha value is -1.15. The van der Waals surface area contributed by atoms with E-state index in [0.717, 1.165) is 25.7 Å². The summed E-state index contributed by atoms with van der Waals surface area (Å²) in [5.41, 5.74) is 11.0. The molecule has 1 saturated carbocycles. The van der Waals surface area contributed by atoms with Gasteiger partial charge >= 0.3 is 0 Å². The molecule has 0 saturated heterocycles. The van der Waals surface area contributed by atoms with Crippen LogP contribution in [0, 0.1) is 26.7 Å². The number of hydrogen-bond acceptors (Lipinski definition) is 2. The van der Waals surface area contributed by atoms with Crippen LogP contribution in [-0.4, -0.2) is 11.8 Å². The minimum absolute atomic E-state index is 0.184. The third kappa shape index (κ3) is 3.44. The van der Waals surface area contributed by atoms with Crippen LogP contribution in [0.4, 0.5) is 0 Å². The standard InChI is InChI=1S/C17H25NO/c1-11-7-12(2)16(13(3)8-11)10-17(19)14-5-4-6-15(18)9-14/h7-8,14-15H,4-6,9-10,18H2,1-3H3. The van der Waals surface area contributed by atoms with Gasteiger partial charge in [0.1, 0.15) is 5.78 Å². The van der Waals surface area contributed by atoms with Crippen LogP contribution in [0.1, 0.15) is 47.9 Å². The van der Waals surface area contributed by atoms with Gasteiger partial charge in [-0.15, -0.1) is 0 Å². The Morgan fingerprint density at radius 1 is 1.21 bits per heavy atom. The third-order valence-electron chi connectivity index (χ3n) is 4.36. The van der Waals surface area contributed by atoms with Crippen LogP contribution in [-0.2, 0) is 11.2 Å². The molecule has 2 unspecified atom stereocenters. The molecule has 1 aromatic carbocycles. The first-order chi connectivity index (χ1) is 8.97. The predicted molar refractivity (Wildman–Crippen MR) is 79.3 cm³/mol. The molecule has 0 radical (unpaired) electrons. The lowest BCUT2D eigenvalue weighted by Crippen LogP contribution is -2.32. The lowest BCUT2D eigenvalue weighted by Gasteiger charge is -2.26. The number of aryl methyl sites for hydroxylation is 3. The third-order valence-corrected chi connectivity index (χ3v) is 4.36. The van der Waals surface area contributed by atoms with E-state index >= 15 is 0 Å². The van der Waals surface area contributed by atoms with Crippen LogP contribution in [0.3, 0.4) is 0 Å². The van der Waals surface area contributed by atoms with Gasteiger partial charge in [-0.05, 0) is 56.7 Å². The first kappa shape index (κ1) is 14.3. The maximum atomic E-state index is 12.4. The fraction of sp³-hybridized carbons (Fsp3) is 0.588. The van der Waals surface area contributed by atoms with Crippen LogP contribution >= 0.6 is 0 Å². The molecule has 1 aromatic rings. The largest absolute Gasteiger partial charge is 0.328 e. The average Bonchev–Trinajstić information content (AvgIpc) is 2.33. The Morgan fingerprint density at radius 2 is 1.84 bits per heavy atom. The van der Waals surface area contributed by atoms with E-state index in [1.54, 1.807) is 0 Å². The summed E-state index contributed by atoms with van der Waals surface area (Å²) in [6.07, 6.45) is 4.66. The maximum absolute atomic E-state index is 12.4. The van der Waals surface area contributed by atoms with Crippen molar-refractivity contribution in [2.24, 2.45) is 11.7 Å². The van der Waals surface area contributed by atoms with E-state index in [4.69, 9.17) is 5.73 Å². The van der Waals surface area contributed by atoms with Gasteiger partial charge in [-0.25, -0.2) is 0 Å². The molecule has 0 bridgehead atoms. The quantitative estimate of drug-likeness (QED) is 0.905. The van der Waals surface area contributed by atoms with Crippen molar-refractivity contribution in [3.05, 3.63) is 34.4 Å². The number of Topliss-reactive ketones (excluding diaryl/α,β-unsaturated/α-hetero) is 1. The topological polar surface area (TPSA) is 43.1 Å². The van der Waals surface area contributed by atoms with Gasteiger partial charge in [0.2, 0.25) is 0 Å². The summed E-state index contributed by atoms with van der Waals surface area (Å²) in [4.78, 5) is 12.4. The molecule has 1 fully saturated rings. The highest BCUT2D eigenvalue weighted by Crippen LogP contribution is 2.26. The molecule has 2 N–H and O–H groups in total. The molecule has 2 heteroatoms. The molecule has 1 aliphatic carbocycles. The monoisotopic (exact) mass is 259 g/mol. The van der Waals surface area contributed by atoms with Gasteiger partial charge in [0.25, 0.3) is 0 Å². The first-order valence-corrected chi connectivity index (χ1v) is 7.32. The van der Waals surface area contributed by atoms with Crippen molar-refractivity contribution in [1.82, 2.24) is 0 Å². The SMILES string of the molecule is Cc1cc(C)c(CC(=O)C2CCCC(N)C2)c(C)c1. The smallest absolute Gasteiger partial charge is 0.140 e. The number of nitrogens with two attached hydrogens (primary N) is 1. The van der Waals surface area contributed by atoms with E-state index < -0.39 is 0 Å². The van der Waals surface area contributed by atoms with Crippen molar-refractivity contribution >= 4 is 5.78 Å². The highest BCUT2D eigenvalue weighted by molar-refractivity contribution is 5.84. The highest BCUT2D eigenvalue weighted by Gasteiger charge is 2.25. The van der Waals surface area contributed by atoms with Crippen LogP contribution < -0.4 is 5.73 Å². The molecule has 0 heterocycles.